The summed E-state index contributed by atoms with van der Waals surface area (Å²) in [4.78, 5) is 27.6. The molecule has 1 aliphatic heterocycles. The number of hydrogen-bond donors (Lipinski definition) is 1. The van der Waals surface area contributed by atoms with E-state index in [1.807, 2.05) is 25.1 Å². The Labute approximate surface area is 191 Å². The van der Waals surface area contributed by atoms with Gasteiger partial charge in [-0.1, -0.05) is 18.2 Å². The number of amides is 1. The number of likely N-dealkylation sites (tertiary alicyclic amines) is 1. The number of carbonyl (C=O) groups is 2. The SMILES string of the molecule is CCOc1ccc(/C(O)=C2\C(=O)C(=O)N(Cc3ccccc3OC)C2c2ccc(C)o2)cc1. The second-order valence-electron chi connectivity index (χ2n) is 7.64. The molecule has 1 aliphatic rings. The second-order valence-corrected chi connectivity index (χ2v) is 7.64. The first kappa shape index (κ1) is 22.2. The van der Waals surface area contributed by atoms with Crippen LogP contribution in [0.5, 0.6) is 11.5 Å². The minimum absolute atomic E-state index is 0.0200. The van der Waals surface area contributed by atoms with Crippen molar-refractivity contribution in [2.45, 2.75) is 26.4 Å². The van der Waals surface area contributed by atoms with Crippen molar-refractivity contribution in [3.63, 3.8) is 0 Å². The van der Waals surface area contributed by atoms with Crippen molar-refractivity contribution in [1.29, 1.82) is 0 Å². The third-order valence-electron chi connectivity index (χ3n) is 5.54. The Kier molecular flexibility index (Phi) is 6.22. The lowest BCUT2D eigenvalue weighted by molar-refractivity contribution is -0.140. The van der Waals surface area contributed by atoms with E-state index in [-0.39, 0.29) is 17.9 Å². The number of methoxy groups -OCH3 is 1. The van der Waals surface area contributed by atoms with Gasteiger partial charge in [0.05, 0.1) is 25.8 Å². The van der Waals surface area contributed by atoms with Crippen LogP contribution in [0.4, 0.5) is 0 Å². The largest absolute Gasteiger partial charge is 0.507 e. The number of aliphatic hydroxyl groups is 1. The van der Waals surface area contributed by atoms with Gasteiger partial charge in [-0.25, -0.2) is 0 Å². The van der Waals surface area contributed by atoms with Crippen molar-refractivity contribution in [3.05, 3.63) is 88.9 Å². The molecule has 1 unspecified atom stereocenters. The van der Waals surface area contributed by atoms with Gasteiger partial charge in [0.15, 0.2) is 0 Å². The molecular weight excluding hydrogens is 422 g/mol. The van der Waals surface area contributed by atoms with Crippen LogP contribution in [0.25, 0.3) is 5.76 Å². The molecule has 1 amide bonds. The molecule has 4 rings (SSSR count). The van der Waals surface area contributed by atoms with E-state index >= 15 is 0 Å². The molecule has 1 aromatic heterocycles. The van der Waals surface area contributed by atoms with Gasteiger partial charge in [0.25, 0.3) is 11.7 Å². The molecule has 3 aromatic rings. The van der Waals surface area contributed by atoms with Crippen LogP contribution in [-0.2, 0) is 16.1 Å². The summed E-state index contributed by atoms with van der Waals surface area (Å²) in [6, 6.07) is 16.6. The summed E-state index contributed by atoms with van der Waals surface area (Å²) in [5.74, 6) is 0.521. The molecule has 170 valence electrons. The van der Waals surface area contributed by atoms with E-state index in [0.717, 1.165) is 5.56 Å². The Morgan fingerprint density at radius 2 is 1.79 bits per heavy atom. The normalized spacial score (nSPS) is 17.4. The van der Waals surface area contributed by atoms with Gasteiger partial charge in [0, 0.05) is 11.1 Å². The van der Waals surface area contributed by atoms with E-state index in [4.69, 9.17) is 13.9 Å². The average molecular weight is 447 g/mol. The number of benzene rings is 2. The number of aryl methyl sites for hydroxylation is 1. The highest BCUT2D eigenvalue weighted by Gasteiger charge is 2.47. The van der Waals surface area contributed by atoms with Gasteiger partial charge >= 0.3 is 0 Å². The van der Waals surface area contributed by atoms with Crippen LogP contribution in [0.1, 0.15) is 35.6 Å². The predicted molar refractivity (Wildman–Crippen MR) is 122 cm³/mol. The van der Waals surface area contributed by atoms with Crippen molar-refractivity contribution < 1.29 is 28.6 Å². The molecule has 0 bridgehead atoms. The molecular formula is C26H25NO6. The Bertz CT molecular complexity index is 1210. The van der Waals surface area contributed by atoms with Gasteiger partial charge in [0.1, 0.15) is 34.8 Å². The van der Waals surface area contributed by atoms with Crippen molar-refractivity contribution in [3.8, 4) is 11.5 Å². The zero-order valence-electron chi connectivity index (χ0n) is 18.7. The maximum atomic E-state index is 13.1. The van der Waals surface area contributed by atoms with Gasteiger partial charge in [-0.2, -0.15) is 0 Å². The smallest absolute Gasteiger partial charge is 0.296 e. The van der Waals surface area contributed by atoms with Crippen molar-refractivity contribution in [1.82, 2.24) is 4.90 Å². The maximum absolute atomic E-state index is 13.1. The molecule has 0 aliphatic carbocycles. The molecule has 1 fully saturated rings. The monoisotopic (exact) mass is 447 g/mol. The molecule has 1 atom stereocenters. The fourth-order valence-corrected chi connectivity index (χ4v) is 3.99. The fourth-order valence-electron chi connectivity index (χ4n) is 3.99. The number of hydrogen-bond acceptors (Lipinski definition) is 6. The fraction of sp³-hybridized carbons (Fsp3) is 0.231. The number of aliphatic hydroxyl groups excluding tert-OH is 1. The van der Waals surface area contributed by atoms with Crippen LogP contribution in [0.15, 0.2) is 70.7 Å². The number of furan rings is 1. The van der Waals surface area contributed by atoms with Crippen molar-refractivity contribution >= 4 is 17.4 Å². The van der Waals surface area contributed by atoms with E-state index in [0.29, 0.717) is 35.2 Å². The van der Waals surface area contributed by atoms with Crippen LogP contribution in [0.2, 0.25) is 0 Å². The molecule has 7 nitrogen and oxygen atoms in total. The van der Waals surface area contributed by atoms with E-state index in [1.165, 1.54) is 4.90 Å². The third kappa shape index (κ3) is 4.22. The molecule has 2 aromatic carbocycles. The first-order valence-corrected chi connectivity index (χ1v) is 10.6. The second kappa shape index (κ2) is 9.24. The summed E-state index contributed by atoms with van der Waals surface area (Å²) in [5.41, 5.74) is 1.12. The van der Waals surface area contributed by atoms with Gasteiger partial charge in [-0.3, -0.25) is 9.59 Å². The summed E-state index contributed by atoms with van der Waals surface area (Å²) in [7, 11) is 1.55. The number of para-hydroxylation sites is 1. The number of ketones is 1. The number of rotatable bonds is 7. The summed E-state index contributed by atoms with van der Waals surface area (Å²) in [5, 5.41) is 11.1. The Morgan fingerprint density at radius 3 is 2.42 bits per heavy atom. The zero-order valence-corrected chi connectivity index (χ0v) is 18.7. The van der Waals surface area contributed by atoms with Crippen molar-refractivity contribution in [2.24, 2.45) is 0 Å². The standard InChI is InChI=1S/C26H25NO6/c1-4-32-19-12-10-17(11-13-19)24(28)22-23(21-14-9-16(2)33-21)27(26(30)25(22)29)15-18-7-5-6-8-20(18)31-3/h5-14,23,28H,4,15H2,1-3H3/b24-22+. The first-order valence-electron chi connectivity index (χ1n) is 10.6. The number of nitrogens with zero attached hydrogens (tertiary/aromatic N) is 1. The summed E-state index contributed by atoms with van der Waals surface area (Å²) in [6.07, 6.45) is 0. The lowest BCUT2D eigenvalue weighted by Crippen LogP contribution is -2.29. The Balaban J connectivity index is 1.81. The molecule has 1 N–H and O–H groups in total. The molecule has 7 heteroatoms. The highest BCUT2D eigenvalue weighted by molar-refractivity contribution is 6.46. The van der Waals surface area contributed by atoms with Gasteiger partial charge < -0.3 is 23.9 Å². The van der Waals surface area contributed by atoms with Gasteiger partial charge in [-0.05, 0) is 56.3 Å². The summed E-state index contributed by atoms with van der Waals surface area (Å²) < 4.78 is 16.7. The lowest BCUT2D eigenvalue weighted by Gasteiger charge is -2.24. The van der Waals surface area contributed by atoms with Crippen LogP contribution >= 0.6 is 0 Å². The van der Waals surface area contributed by atoms with Gasteiger partial charge in [-0.15, -0.1) is 0 Å². The molecule has 33 heavy (non-hydrogen) atoms. The first-order chi connectivity index (χ1) is 15.9. The lowest BCUT2D eigenvalue weighted by atomic mass is 9.99. The molecule has 1 saturated heterocycles. The average Bonchev–Trinajstić information content (AvgIpc) is 3.36. The summed E-state index contributed by atoms with van der Waals surface area (Å²) in [6.45, 7) is 4.28. The maximum Gasteiger partial charge on any atom is 0.296 e. The van der Waals surface area contributed by atoms with Crippen LogP contribution in [0.3, 0.4) is 0 Å². The highest BCUT2D eigenvalue weighted by atomic mass is 16.5. The van der Waals surface area contributed by atoms with E-state index in [9.17, 15) is 14.7 Å². The molecule has 2 heterocycles. The number of carbonyl (C=O) groups excluding carboxylic acids is 2. The third-order valence-corrected chi connectivity index (χ3v) is 5.54. The number of ether oxygens (including phenoxy) is 2. The quantitative estimate of drug-likeness (QED) is 0.323. The van der Waals surface area contributed by atoms with Crippen molar-refractivity contribution in [2.75, 3.05) is 13.7 Å². The minimum Gasteiger partial charge on any atom is -0.507 e. The van der Waals surface area contributed by atoms with E-state index in [2.05, 4.69) is 0 Å². The Morgan fingerprint density at radius 1 is 1.06 bits per heavy atom. The summed E-state index contributed by atoms with van der Waals surface area (Å²) >= 11 is 0. The number of Topliss-reactive ketones (excluding diaryl/α,β-unsaturated/α-hetero) is 1. The molecule has 0 saturated carbocycles. The topological polar surface area (TPSA) is 89.2 Å². The van der Waals surface area contributed by atoms with Gasteiger partial charge in [0.2, 0.25) is 0 Å². The zero-order chi connectivity index (χ0) is 23.5. The van der Waals surface area contributed by atoms with E-state index in [1.54, 1.807) is 56.5 Å². The minimum atomic E-state index is -0.879. The van der Waals surface area contributed by atoms with Crippen LogP contribution in [0, 0.1) is 6.92 Å². The van der Waals surface area contributed by atoms with Crippen LogP contribution in [-0.4, -0.2) is 35.4 Å². The highest BCUT2D eigenvalue weighted by Crippen LogP contribution is 2.41. The predicted octanol–water partition coefficient (Wildman–Crippen LogP) is 4.62. The molecule has 0 radical (unpaired) electrons. The Hall–Kier alpha value is -4.00. The van der Waals surface area contributed by atoms with E-state index < -0.39 is 17.7 Å². The molecule has 0 spiro atoms. The van der Waals surface area contributed by atoms with Crippen LogP contribution < -0.4 is 9.47 Å².